The van der Waals surface area contributed by atoms with Crippen molar-refractivity contribution in [1.29, 1.82) is 0 Å². The predicted octanol–water partition coefficient (Wildman–Crippen LogP) is 2.37. The molecule has 0 aliphatic carbocycles. The molecule has 0 unspecified atom stereocenters. The molecule has 1 aromatic rings. The SMILES string of the molecule is CSc1nccc(Cl)c1[N+](=O)[O-]. The lowest BCUT2D eigenvalue weighted by Gasteiger charge is -1.98. The molecule has 0 bridgehead atoms. The van der Waals surface area contributed by atoms with Crippen LogP contribution in [0.4, 0.5) is 5.69 Å². The van der Waals surface area contributed by atoms with Gasteiger partial charge in [-0.25, -0.2) is 4.98 Å². The van der Waals surface area contributed by atoms with Crippen LogP contribution in [0.2, 0.25) is 5.02 Å². The van der Waals surface area contributed by atoms with Gasteiger partial charge in [-0.1, -0.05) is 11.6 Å². The van der Waals surface area contributed by atoms with Crippen molar-refractivity contribution in [2.45, 2.75) is 5.03 Å². The molecule has 0 aromatic carbocycles. The summed E-state index contributed by atoms with van der Waals surface area (Å²) >= 11 is 6.81. The molecule has 0 saturated heterocycles. The highest BCUT2D eigenvalue weighted by atomic mass is 35.5. The lowest BCUT2D eigenvalue weighted by Crippen LogP contribution is -1.93. The molecule has 0 spiro atoms. The second-order valence-corrected chi connectivity index (χ2v) is 3.11. The first-order valence-electron chi connectivity index (χ1n) is 2.99. The first kappa shape index (κ1) is 9.28. The molecule has 1 aromatic heterocycles. The highest BCUT2D eigenvalue weighted by molar-refractivity contribution is 7.98. The van der Waals surface area contributed by atoms with Crippen molar-refractivity contribution < 1.29 is 4.92 Å². The average Bonchev–Trinajstić information content (AvgIpc) is 2.03. The Morgan fingerprint density at radius 2 is 2.42 bits per heavy atom. The fraction of sp³-hybridized carbons (Fsp3) is 0.167. The Morgan fingerprint density at radius 1 is 1.75 bits per heavy atom. The Balaban J connectivity index is 3.29. The van der Waals surface area contributed by atoms with Crippen LogP contribution in [-0.4, -0.2) is 16.2 Å². The van der Waals surface area contributed by atoms with Crippen molar-refractivity contribution in [2.75, 3.05) is 6.26 Å². The third-order valence-electron chi connectivity index (χ3n) is 1.22. The fourth-order valence-corrected chi connectivity index (χ4v) is 1.54. The Kier molecular flexibility index (Phi) is 2.88. The number of rotatable bonds is 2. The second kappa shape index (κ2) is 3.73. The standard InChI is InChI=1S/C6H5ClN2O2S/c1-12-6-5(9(10)11)4(7)2-3-8-6/h2-3H,1H3. The van der Waals surface area contributed by atoms with E-state index in [1.165, 1.54) is 24.0 Å². The van der Waals surface area contributed by atoms with E-state index < -0.39 is 4.92 Å². The number of hydrogen-bond donors (Lipinski definition) is 0. The molecule has 0 aliphatic heterocycles. The van der Waals surface area contributed by atoms with E-state index in [9.17, 15) is 10.1 Å². The molecule has 64 valence electrons. The highest BCUT2D eigenvalue weighted by Crippen LogP contribution is 2.31. The summed E-state index contributed by atoms with van der Waals surface area (Å²) in [5.41, 5.74) is -0.119. The molecule has 0 aliphatic rings. The van der Waals surface area contributed by atoms with Crippen molar-refractivity contribution in [1.82, 2.24) is 4.98 Å². The number of hydrogen-bond acceptors (Lipinski definition) is 4. The Hall–Kier alpha value is -0.810. The van der Waals surface area contributed by atoms with Crippen LogP contribution < -0.4 is 0 Å². The van der Waals surface area contributed by atoms with Crippen molar-refractivity contribution in [3.63, 3.8) is 0 Å². The fourth-order valence-electron chi connectivity index (χ4n) is 0.727. The molecule has 0 atom stereocenters. The summed E-state index contributed by atoms with van der Waals surface area (Å²) in [4.78, 5) is 13.8. The van der Waals surface area contributed by atoms with Crippen molar-refractivity contribution in [3.8, 4) is 0 Å². The molecule has 0 fully saturated rings. The van der Waals surface area contributed by atoms with E-state index in [0.29, 0.717) is 5.03 Å². The van der Waals surface area contributed by atoms with Crippen LogP contribution >= 0.6 is 23.4 Å². The Morgan fingerprint density at radius 3 is 2.83 bits per heavy atom. The first-order chi connectivity index (χ1) is 5.66. The minimum atomic E-state index is -0.527. The highest BCUT2D eigenvalue weighted by Gasteiger charge is 2.18. The molecular formula is C6H5ClN2O2S. The molecule has 0 amide bonds. The molecule has 0 saturated carbocycles. The van der Waals surface area contributed by atoms with Gasteiger partial charge in [0.1, 0.15) is 5.02 Å². The summed E-state index contributed by atoms with van der Waals surface area (Å²) in [6, 6.07) is 1.40. The van der Waals surface area contributed by atoms with E-state index in [2.05, 4.69) is 4.98 Å². The molecule has 1 heterocycles. The minimum Gasteiger partial charge on any atom is -0.258 e. The molecule has 0 N–H and O–H groups in total. The van der Waals surface area contributed by atoms with Crippen molar-refractivity contribution in [2.24, 2.45) is 0 Å². The van der Waals surface area contributed by atoms with E-state index in [0.717, 1.165) is 0 Å². The van der Waals surface area contributed by atoms with Gasteiger partial charge in [0.2, 0.25) is 0 Å². The Labute approximate surface area is 78.1 Å². The zero-order chi connectivity index (χ0) is 9.14. The van der Waals surface area contributed by atoms with Gasteiger partial charge in [-0.15, -0.1) is 11.8 Å². The summed E-state index contributed by atoms with van der Waals surface area (Å²) in [5.74, 6) is 0. The summed E-state index contributed by atoms with van der Waals surface area (Å²) in [6.45, 7) is 0. The predicted molar refractivity (Wildman–Crippen MR) is 47.7 cm³/mol. The van der Waals surface area contributed by atoms with Crippen LogP contribution in [0.15, 0.2) is 17.3 Å². The van der Waals surface area contributed by atoms with Gasteiger partial charge in [0.05, 0.1) is 4.92 Å². The van der Waals surface area contributed by atoms with Crippen LogP contribution in [0.5, 0.6) is 0 Å². The molecular weight excluding hydrogens is 200 g/mol. The van der Waals surface area contributed by atoms with Crippen LogP contribution in [0, 0.1) is 10.1 Å². The lowest BCUT2D eigenvalue weighted by molar-refractivity contribution is -0.388. The number of pyridine rings is 1. The Bertz CT molecular complexity index is 318. The van der Waals surface area contributed by atoms with Gasteiger partial charge < -0.3 is 0 Å². The number of nitro groups is 1. The van der Waals surface area contributed by atoms with Crippen molar-refractivity contribution >= 4 is 29.1 Å². The van der Waals surface area contributed by atoms with Crippen LogP contribution in [-0.2, 0) is 0 Å². The van der Waals surface area contributed by atoms with Crippen LogP contribution in [0.25, 0.3) is 0 Å². The molecule has 12 heavy (non-hydrogen) atoms. The molecule has 1 rings (SSSR count). The molecule has 4 nitrogen and oxygen atoms in total. The van der Waals surface area contributed by atoms with E-state index in [-0.39, 0.29) is 10.7 Å². The summed E-state index contributed by atoms with van der Waals surface area (Å²) in [6.07, 6.45) is 3.16. The summed E-state index contributed by atoms with van der Waals surface area (Å²) in [5, 5.41) is 10.9. The normalized spacial score (nSPS) is 9.83. The van der Waals surface area contributed by atoms with Crippen molar-refractivity contribution in [3.05, 3.63) is 27.4 Å². The second-order valence-electron chi connectivity index (χ2n) is 1.91. The van der Waals surface area contributed by atoms with E-state index in [4.69, 9.17) is 11.6 Å². The topological polar surface area (TPSA) is 56.0 Å². The minimum absolute atomic E-state index is 0.119. The van der Waals surface area contributed by atoms with E-state index >= 15 is 0 Å². The maximum absolute atomic E-state index is 10.5. The zero-order valence-electron chi connectivity index (χ0n) is 6.15. The van der Waals surface area contributed by atoms with E-state index in [1.54, 1.807) is 6.26 Å². The van der Waals surface area contributed by atoms with Gasteiger partial charge >= 0.3 is 5.69 Å². The maximum Gasteiger partial charge on any atom is 0.319 e. The average molecular weight is 205 g/mol. The van der Waals surface area contributed by atoms with Gasteiger partial charge in [-0.2, -0.15) is 0 Å². The molecule has 6 heteroatoms. The smallest absolute Gasteiger partial charge is 0.258 e. The largest absolute Gasteiger partial charge is 0.319 e. The summed E-state index contributed by atoms with van der Waals surface area (Å²) < 4.78 is 0. The third kappa shape index (κ3) is 1.67. The van der Waals surface area contributed by atoms with Crippen LogP contribution in [0.3, 0.4) is 0 Å². The van der Waals surface area contributed by atoms with E-state index in [1.807, 2.05) is 0 Å². The summed E-state index contributed by atoms with van der Waals surface area (Å²) in [7, 11) is 0. The number of thioether (sulfide) groups is 1. The van der Waals surface area contributed by atoms with Gasteiger partial charge in [0.15, 0.2) is 5.03 Å². The lowest BCUT2D eigenvalue weighted by atomic mass is 10.4. The monoisotopic (exact) mass is 204 g/mol. The quantitative estimate of drug-likeness (QED) is 0.422. The molecule has 0 radical (unpaired) electrons. The van der Waals surface area contributed by atoms with Gasteiger partial charge in [0.25, 0.3) is 0 Å². The zero-order valence-corrected chi connectivity index (χ0v) is 7.72. The number of aromatic nitrogens is 1. The van der Waals surface area contributed by atoms with Gasteiger partial charge in [0, 0.05) is 6.20 Å². The van der Waals surface area contributed by atoms with Gasteiger partial charge in [-0.3, -0.25) is 10.1 Å². The maximum atomic E-state index is 10.5. The van der Waals surface area contributed by atoms with Crippen LogP contribution in [0.1, 0.15) is 0 Å². The third-order valence-corrected chi connectivity index (χ3v) is 2.21. The number of halogens is 1. The van der Waals surface area contributed by atoms with Gasteiger partial charge in [-0.05, 0) is 12.3 Å². The number of nitrogens with zero attached hydrogens (tertiary/aromatic N) is 2. The first-order valence-corrected chi connectivity index (χ1v) is 4.60.